The number of benzene rings is 1. The molecule has 0 aliphatic carbocycles. The van der Waals surface area contributed by atoms with Crippen LogP contribution < -0.4 is 20.7 Å². The normalized spacial score (nSPS) is 12.1. The number of aliphatic imine (C=N–C) groups is 1. The fourth-order valence-electron chi connectivity index (χ4n) is 1.70. The average molecular weight is 359 g/mol. The van der Waals surface area contributed by atoms with Crippen molar-refractivity contribution in [3.63, 3.8) is 0 Å². The second-order valence-electron chi connectivity index (χ2n) is 4.89. The summed E-state index contributed by atoms with van der Waals surface area (Å²) >= 11 is 1.46. The van der Waals surface area contributed by atoms with Crippen LogP contribution in [0.1, 0.15) is 5.69 Å². The molecule has 0 amide bonds. The Hall–Kier alpha value is -2.49. The molecule has 10 heteroatoms. The standard InChI is InChI=1S/C14H16F3N5OS/c1-22(2)13-20-9(8-24-13)7-19-12(18)21-10-5-3-4-6-11(10)23-14(15,16)17/h3-6,8H,7H2,1-2H3,(H3,18,19,21). The molecule has 0 radical (unpaired) electrons. The number of hydrogen-bond donors (Lipinski definition) is 2. The van der Waals surface area contributed by atoms with Crippen molar-refractivity contribution >= 4 is 28.1 Å². The number of anilines is 2. The van der Waals surface area contributed by atoms with E-state index in [9.17, 15) is 13.2 Å². The molecule has 0 aliphatic rings. The largest absolute Gasteiger partial charge is 0.573 e. The van der Waals surface area contributed by atoms with Crippen molar-refractivity contribution in [3.05, 3.63) is 35.3 Å². The van der Waals surface area contributed by atoms with E-state index in [1.54, 1.807) is 6.07 Å². The van der Waals surface area contributed by atoms with Gasteiger partial charge >= 0.3 is 6.36 Å². The molecule has 2 rings (SSSR count). The number of thiazole rings is 1. The number of rotatable bonds is 5. The number of nitrogens with two attached hydrogens (primary N) is 1. The first-order valence-corrected chi connectivity index (χ1v) is 7.66. The number of halogens is 3. The van der Waals surface area contributed by atoms with Gasteiger partial charge in [0.2, 0.25) is 0 Å². The highest BCUT2D eigenvalue weighted by Gasteiger charge is 2.32. The molecule has 24 heavy (non-hydrogen) atoms. The van der Waals surface area contributed by atoms with Crippen LogP contribution in [-0.4, -0.2) is 31.4 Å². The number of hydrogen-bond acceptors (Lipinski definition) is 5. The zero-order valence-corrected chi connectivity index (χ0v) is 13.8. The highest BCUT2D eigenvalue weighted by molar-refractivity contribution is 7.13. The number of alkyl halides is 3. The molecular weight excluding hydrogens is 343 g/mol. The SMILES string of the molecule is CN(C)c1nc(CN=C(N)Nc2ccccc2OC(F)(F)F)cs1. The van der Waals surface area contributed by atoms with E-state index in [2.05, 4.69) is 20.0 Å². The Morgan fingerprint density at radius 1 is 1.38 bits per heavy atom. The van der Waals surface area contributed by atoms with Crippen LogP contribution in [0.2, 0.25) is 0 Å². The Labute approximate surface area is 140 Å². The van der Waals surface area contributed by atoms with Crippen LogP contribution in [0.5, 0.6) is 5.75 Å². The lowest BCUT2D eigenvalue weighted by molar-refractivity contribution is -0.274. The second-order valence-corrected chi connectivity index (χ2v) is 5.72. The van der Waals surface area contributed by atoms with Gasteiger partial charge in [-0.1, -0.05) is 12.1 Å². The Morgan fingerprint density at radius 2 is 2.08 bits per heavy atom. The zero-order chi connectivity index (χ0) is 17.7. The molecule has 130 valence electrons. The average Bonchev–Trinajstić information content (AvgIpc) is 2.95. The molecule has 0 saturated carbocycles. The van der Waals surface area contributed by atoms with Crippen LogP contribution in [0.25, 0.3) is 0 Å². The fourth-order valence-corrected chi connectivity index (χ4v) is 2.45. The molecule has 3 N–H and O–H groups in total. The highest BCUT2D eigenvalue weighted by Crippen LogP contribution is 2.29. The van der Waals surface area contributed by atoms with Crippen molar-refractivity contribution in [2.75, 3.05) is 24.3 Å². The van der Waals surface area contributed by atoms with Crippen molar-refractivity contribution < 1.29 is 17.9 Å². The Balaban J connectivity index is 2.04. The van der Waals surface area contributed by atoms with Crippen molar-refractivity contribution in [3.8, 4) is 5.75 Å². The number of aromatic nitrogens is 1. The number of nitrogens with one attached hydrogen (secondary N) is 1. The molecule has 0 saturated heterocycles. The van der Waals surface area contributed by atoms with E-state index in [1.807, 2.05) is 24.4 Å². The molecule has 0 spiro atoms. The second kappa shape index (κ2) is 7.39. The van der Waals surface area contributed by atoms with Crippen LogP contribution in [-0.2, 0) is 6.54 Å². The zero-order valence-electron chi connectivity index (χ0n) is 13.0. The van der Waals surface area contributed by atoms with Gasteiger partial charge in [0.25, 0.3) is 0 Å². The minimum Gasteiger partial charge on any atom is -0.404 e. The maximum Gasteiger partial charge on any atom is 0.573 e. The lowest BCUT2D eigenvalue weighted by Crippen LogP contribution is -2.24. The molecule has 0 aliphatic heterocycles. The summed E-state index contributed by atoms with van der Waals surface area (Å²) in [5, 5.41) is 5.27. The van der Waals surface area contributed by atoms with Crippen molar-refractivity contribution in [2.24, 2.45) is 10.7 Å². The quantitative estimate of drug-likeness (QED) is 0.634. The van der Waals surface area contributed by atoms with Gasteiger partial charge in [-0.3, -0.25) is 0 Å². The van der Waals surface area contributed by atoms with Gasteiger partial charge in [-0.05, 0) is 12.1 Å². The Morgan fingerprint density at radius 3 is 2.71 bits per heavy atom. The molecule has 0 fully saturated rings. The van der Waals surface area contributed by atoms with Gasteiger partial charge in [-0.2, -0.15) is 0 Å². The summed E-state index contributed by atoms with van der Waals surface area (Å²) in [5.74, 6) is -0.417. The number of ether oxygens (including phenoxy) is 1. The lowest BCUT2D eigenvalue weighted by Gasteiger charge is -2.14. The minimum atomic E-state index is -4.78. The van der Waals surface area contributed by atoms with E-state index in [-0.39, 0.29) is 23.9 Å². The third-order valence-corrected chi connectivity index (χ3v) is 3.77. The highest BCUT2D eigenvalue weighted by atomic mass is 32.1. The van der Waals surface area contributed by atoms with Crippen molar-refractivity contribution in [2.45, 2.75) is 12.9 Å². The summed E-state index contributed by atoms with van der Waals surface area (Å²) < 4.78 is 41.1. The topological polar surface area (TPSA) is 75.8 Å². The lowest BCUT2D eigenvalue weighted by atomic mass is 10.3. The predicted octanol–water partition coefficient (Wildman–Crippen LogP) is 3.03. The van der Waals surface area contributed by atoms with Gasteiger partial charge in [0.05, 0.1) is 17.9 Å². The number of para-hydroxylation sites is 2. The number of guanidine groups is 1. The summed E-state index contributed by atoms with van der Waals surface area (Å²) in [6.07, 6.45) is -4.78. The van der Waals surface area contributed by atoms with Crippen LogP contribution in [0.4, 0.5) is 24.0 Å². The van der Waals surface area contributed by atoms with Crippen molar-refractivity contribution in [1.29, 1.82) is 0 Å². The monoisotopic (exact) mass is 359 g/mol. The Bertz CT molecular complexity index is 714. The maximum absolute atomic E-state index is 12.4. The van der Waals surface area contributed by atoms with Crippen LogP contribution in [0, 0.1) is 0 Å². The summed E-state index contributed by atoms with van der Waals surface area (Å²) in [5.41, 5.74) is 6.51. The first-order chi connectivity index (χ1) is 11.2. The third-order valence-electron chi connectivity index (χ3n) is 2.71. The summed E-state index contributed by atoms with van der Waals surface area (Å²) in [6.45, 7) is 0.214. The third kappa shape index (κ3) is 5.30. The first kappa shape index (κ1) is 17.9. The van der Waals surface area contributed by atoms with Crippen molar-refractivity contribution in [1.82, 2.24) is 4.98 Å². The van der Waals surface area contributed by atoms with Gasteiger partial charge in [-0.25, -0.2) is 9.98 Å². The minimum absolute atomic E-state index is 0.0346. The van der Waals surface area contributed by atoms with Crippen LogP contribution in [0.15, 0.2) is 34.6 Å². The molecule has 0 bridgehead atoms. The van der Waals surface area contributed by atoms with Gasteiger partial charge in [0.15, 0.2) is 16.8 Å². The Kier molecular flexibility index (Phi) is 5.50. The van der Waals surface area contributed by atoms with E-state index in [0.717, 1.165) is 5.13 Å². The van der Waals surface area contributed by atoms with E-state index < -0.39 is 6.36 Å². The first-order valence-electron chi connectivity index (χ1n) is 6.78. The predicted molar refractivity (Wildman–Crippen MR) is 88.5 cm³/mol. The molecular formula is C14H16F3N5OS. The van der Waals surface area contributed by atoms with Gasteiger partial charge in [0, 0.05) is 19.5 Å². The molecule has 0 atom stereocenters. The molecule has 0 unspecified atom stereocenters. The molecule has 6 nitrogen and oxygen atoms in total. The number of nitrogens with zero attached hydrogens (tertiary/aromatic N) is 3. The van der Waals surface area contributed by atoms with E-state index in [4.69, 9.17) is 5.73 Å². The fraction of sp³-hybridized carbons (Fsp3) is 0.286. The van der Waals surface area contributed by atoms with Gasteiger partial charge < -0.3 is 20.7 Å². The van der Waals surface area contributed by atoms with Crippen LogP contribution >= 0.6 is 11.3 Å². The maximum atomic E-state index is 12.4. The summed E-state index contributed by atoms with van der Waals surface area (Å²) in [4.78, 5) is 10.3. The van der Waals surface area contributed by atoms with Gasteiger partial charge in [0.1, 0.15) is 0 Å². The van der Waals surface area contributed by atoms with Crippen LogP contribution in [0.3, 0.4) is 0 Å². The molecule has 1 aromatic heterocycles. The molecule has 1 aromatic carbocycles. The summed E-state index contributed by atoms with van der Waals surface area (Å²) in [7, 11) is 3.75. The summed E-state index contributed by atoms with van der Waals surface area (Å²) in [6, 6.07) is 5.59. The smallest absolute Gasteiger partial charge is 0.404 e. The van der Waals surface area contributed by atoms with E-state index >= 15 is 0 Å². The van der Waals surface area contributed by atoms with E-state index in [1.165, 1.54) is 29.5 Å². The van der Waals surface area contributed by atoms with E-state index in [0.29, 0.717) is 5.69 Å². The molecule has 2 aromatic rings. The van der Waals surface area contributed by atoms with Gasteiger partial charge in [-0.15, -0.1) is 24.5 Å². The molecule has 1 heterocycles.